The molecule has 1 heterocycles. The minimum atomic E-state index is -0.398. The molecule has 4 nitrogen and oxygen atoms in total. The van der Waals surface area contributed by atoms with E-state index in [1.54, 1.807) is 54.6 Å². The third-order valence-electron chi connectivity index (χ3n) is 4.73. The van der Waals surface area contributed by atoms with Gasteiger partial charge in [-0.05, 0) is 60.5 Å². The van der Waals surface area contributed by atoms with Gasteiger partial charge in [0.2, 0.25) is 5.43 Å². The Hall–Kier alpha value is -3.99. The van der Waals surface area contributed by atoms with E-state index in [-0.39, 0.29) is 29.0 Å². The molecule has 0 amide bonds. The van der Waals surface area contributed by atoms with Gasteiger partial charge in [-0.25, -0.2) is 4.39 Å². The van der Waals surface area contributed by atoms with Crippen LogP contribution in [0.3, 0.4) is 0 Å². The van der Waals surface area contributed by atoms with Crippen LogP contribution < -0.4 is 10.2 Å². The summed E-state index contributed by atoms with van der Waals surface area (Å²) >= 11 is 0. The van der Waals surface area contributed by atoms with Crippen molar-refractivity contribution >= 4 is 33.8 Å². The van der Waals surface area contributed by atoms with Crippen LogP contribution in [-0.2, 0) is 0 Å². The highest BCUT2D eigenvalue weighted by Gasteiger charge is 2.20. The van der Waals surface area contributed by atoms with Gasteiger partial charge >= 0.3 is 0 Å². The SMILES string of the molecule is C=C(C)COc1ccc2c(=O)c3ccccc3oc2c1C(=O)/C=C/c1ccc(F)cc1. The fraction of sp³-hybridized carbons (Fsp3) is 0.0769. The number of benzene rings is 3. The van der Waals surface area contributed by atoms with Crippen LogP contribution >= 0.6 is 0 Å². The summed E-state index contributed by atoms with van der Waals surface area (Å²) in [5.41, 5.74) is 1.91. The fourth-order valence-corrected chi connectivity index (χ4v) is 3.23. The van der Waals surface area contributed by atoms with Gasteiger partial charge in [-0.2, -0.15) is 0 Å². The highest BCUT2D eigenvalue weighted by molar-refractivity contribution is 6.16. The van der Waals surface area contributed by atoms with Crippen LogP contribution in [0.2, 0.25) is 0 Å². The number of hydrogen-bond donors (Lipinski definition) is 0. The third-order valence-corrected chi connectivity index (χ3v) is 4.73. The van der Waals surface area contributed by atoms with E-state index in [9.17, 15) is 14.0 Å². The third kappa shape index (κ3) is 4.16. The summed E-state index contributed by atoms with van der Waals surface area (Å²) in [7, 11) is 0. The molecule has 3 aromatic carbocycles. The first-order valence-electron chi connectivity index (χ1n) is 9.68. The highest BCUT2D eigenvalue weighted by atomic mass is 19.1. The number of carbonyl (C=O) groups is 1. The van der Waals surface area contributed by atoms with E-state index in [2.05, 4.69) is 6.58 Å². The van der Waals surface area contributed by atoms with Gasteiger partial charge in [0.1, 0.15) is 29.3 Å². The molecule has 1 aromatic heterocycles. The van der Waals surface area contributed by atoms with Gasteiger partial charge in [0, 0.05) is 0 Å². The summed E-state index contributed by atoms with van der Waals surface area (Å²) in [6.07, 6.45) is 2.92. The molecule has 0 unspecified atom stereocenters. The van der Waals surface area contributed by atoms with Crippen molar-refractivity contribution in [2.45, 2.75) is 6.92 Å². The molecular formula is C26H19FO4. The second-order valence-corrected chi connectivity index (χ2v) is 7.24. The Balaban J connectivity index is 1.89. The molecule has 31 heavy (non-hydrogen) atoms. The molecule has 0 fully saturated rings. The molecule has 4 aromatic rings. The van der Waals surface area contributed by atoms with E-state index in [4.69, 9.17) is 9.15 Å². The lowest BCUT2D eigenvalue weighted by Gasteiger charge is -2.12. The quantitative estimate of drug-likeness (QED) is 0.170. The monoisotopic (exact) mass is 414 g/mol. The first kappa shape index (κ1) is 20.3. The summed E-state index contributed by atoms with van der Waals surface area (Å²) in [5, 5.41) is 0.728. The maximum absolute atomic E-state index is 13.2. The lowest BCUT2D eigenvalue weighted by Crippen LogP contribution is -2.09. The van der Waals surface area contributed by atoms with Crippen LogP contribution in [0.4, 0.5) is 4.39 Å². The van der Waals surface area contributed by atoms with Gasteiger partial charge in [0.15, 0.2) is 11.4 Å². The number of fused-ring (bicyclic) bond motifs is 2. The Kier molecular flexibility index (Phi) is 5.50. The zero-order chi connectivity index (χ0) is 22.0. The van der Waals surface area contributed by atoms with Crippen molar-refractivity contribution in [3.05, 3.63) is 106 Å². The largest absolute Gasteiger partial charge is 0.488 e. The molecule has 0 aliphatic carbocycles. The predicted molar refractivity (Wildman–Crippen MR) is 120 cm³/mol. The van der Waals surface area contributed by atoms with Gasteiger partial charge in [0.25, 0.3) is 0 Å². The van der Waals surface area contributed by atoms with E-state index in [1.165, 1.54) is 18.2 Å². The lowest BCUT2D eigenvalue weighted by molar-refractivity contribution is 0.104. The molecule has 0 saturated carbocycles. The maximum atomic E-state index is 13.2. The topological polar surface area (TPSA) is 56.5 Å². The van der Waals surface area contributed by atoms with Gasteiger partial charge in [0.05, 0.1) is 10.8 Å². The van der Waals surface area contributed by atoms with E-state index in [0.717, 1.165) is 5.57 Å². The van der Waals surface area contributed by atoms with Crippen LogP contribution in [0.15, 0.2) is 88.1 Å². The number of allylic oxidation sites excluding steroid dienone is 1. The summed E-state index contributed by atoms with van der Waals surface area (Å²) in [6.45, 7) is 5.84. The zero-order valence-electron chi connectivity index (χ0n) is 16.9. The van der Waals surface area contributed by atoms with Crippen LogP contribution in [0.1, 0.15) is 22.8 Å². The highest BCUT2D eigenvalue weighted by Crippen LogP contribution is 2.30. The maximum Gasteiger partial charge on any atom is 0.200 e. The van der Waals surface area contributed by atoms with Gasteiger partial charge in [-0.15, -0.1) is 0 Å². The Labute approximate surface area is 177 Å². The van der Waals surface area contributed by atoms with Crippen LogP contribution in [0, 0.1) is 5.82 Å². The van der Waals surface area contributed by atoms with E-state index >= 15 is 0 Å². The summed E-state index contributed by atoms with van der Waals surface area (Å²) in [4.78, 5) is 26.2. The second kappa shape index (κ2) is 8.40. The van der Waals surface area contributed by atoms with Gasteiger partial charge in [-0.3, -0.25) is 9.59 Å². The lowest BCUT2D eigenvalue weighted by atomic mass is 10.0. The number of para-hydroxylation sites is 1. The van der Waals surface area contributed by atoms with Crippen LogP contribution in [-0.4, -0.2) is 12.4 Å². The smallest absolute Gasteiger partial charge is 0.200 e. The Bertz CT molecular complexity index is 1400. The van der Waals surface area contributed by atoms with Crippen molar-refractivity contribution in [3.8, 4) is 5.75 Å². The van der Waals surface area contributed by atoms with Crippen molar-refractivity contribution < 1.29 is 18.3 Å². The standard InChI is InChI=1S/C26H19FO4/c1-16(2)15-30-23-14-12-20-25(29)19-5-3-4-6-22(19)31-26(20)24(23)21(28)13-9-17-7-10-18(27)11-8-17/h3-14H,1,15H2,2H3/b13-9+. The molecule has 0 N–H and O–H groups in total. The minimum Gasteiger partial charge on any atom is -0.488 e. The Morgan fingerprint density at radius 1 is 1.06 bits per heavy atom. The van der Waals surface area contributed by atoms with Crippen LogP contribution in [0.5, 0.6) is 5.75 Å². The average Bonchev–Trinajstić information content (AvgIpc) is 2.77. The summed E-state index contributed by atoms with van der Waals surface area (Å²) in [5.74, 6) is -0.463. The van der Waals surface area contributed by atoms with Crippen molar-refractivity contribution in [1.29, 1.82) is 0 Å². The normalized spacial score (nSPS) is 11.3. The van der Waals surface area contributed by atoms with Gasteiger partial charge in [-0.1, -0.05) is 36.9 Å². The van der Waals surface area contributed by atoms with Crippen molar-refractivity contribution in [1.82, 2.24) is 0 Å². The number of carbonyl (C=O) groups excluding carboxylic acids is 1. The van der Waals surface area contributed by atoms with Crippen molar-refractivity contribution in [3.63, 3.8) is 0 Å². The molecule has 0 atom stereocenters. The molecule has 4 rings (SSSR count). The van der Waals surface area contributed by atoms with Crippen molar-refractivity contribution in [2.75, 3.05) is 6.61 Å². The molecule has 0 radical (unpaired) electrons. The van der Waals surface area contributed by atoms with Gasteiger partial charge < -0.3 is 9.15 Å². The summed E-state index contributed by atoms with van der Waals surface area (Å²) < 4.78 is 24.9. The first-order valence-corrected chi connectivity index (χ1v) is 9.68. The summed E-state index contributed by atoms with van der Waals surface area (Å²) in [6, 6.07) is 15.8. The molecule has 0 aliphatic rings. The molecule has 0 saturated heterocycles. The van der Waals surface area contributed by atoms with Crippen molar-refractivity contribution in [2.24, 2.45) is 0 Å². The molecule has 154 valence electrons. The number of halogens is 1. The van der Waals surface area contributed by atoms with Crippen LogP contribution in [0.25, 0.3) is 28.0 Å². The second-order valence-electron chi connectivity index (χ2n) is 7.24. The molecular weight excluding hydrogens is 395 g/mol. The number of rotatable bonds is 6. The molecule has 0 aliphatic heterocycles. The number of hydrogen-bond acceptors (Lipinski definition) is 4. The van der Waals surface area contributed by atoms with E-state index in [1.807, 2.05) is 6.92 Å². The average molecular weight is 414 g/mol. The first-order chi connectivity index (χ1) is 14.9. The van der Waals surface area contributed by atoms with E-state index in [0.29, 0.717) is 27.7 Å². The number of ether oxygens (including phenoxy) is 1. The minimum absolute atomic E-state index is 0.153. The van der Waals surface area contributed by atoms with E-state index < -0.39 is 5.78 Å². The molecule has 0 bridgehead atoms. The predicted octanol–water partition coefficient (Wildman–Crippen LogP) is 5.94. The Morgan fingerprint density at radius 3 is 2.55 bits per heavy atom. The molecule has 0 spiro atoms. The number of ketones is 1. The zero-order valence-corrected chi connectivity index (χ0v) is 16.9. The fourth-order valence-electron chi connectivity index (χ4n) is 3.23. The Morgan fingerprint density at radius 2 is 1.81 bits per heavy atom. The molecule has 5 heteroatoms.